The Labute approximate surface area is 123 Å². The maximum Gasteiger partial charge on any atom is 0.137 e. The highest BCUT2D eigenvalue weighted by Crippen LogP contribution is 2.30. The van der Waals surface area contributed by atoms with Crippen LogP contribution < -0.4 is 5.32 Å². The molecule has 0 saturated heterocycles. The van der Waals surface area contributed by atoms with E-state index < -0.39 is 0 Å². The van der Waals surface area contributed by atoms with Gasteiger partial charge in [0.1, 0.15) is 5.82 Å². The second-order valence-electron chi connectivity index (χ2n) is 3.67. The largest absolute Gasteiger partial charge is 0.380 e. The molecule has 0 bridgehead atoms. The van der Waals surface area contributed by atoms with Gasteiger partial charge in [0, 0.05) is 6.54 Å². The molecule has 0 spiro atoms. The lowest BCUT2D eigenvalue weighted by Crippen LogP contribution is -2.01. The quantitative estimate of drug-likeness (QED) is 0.771. The summed E-state index contributed by atoms with van der Waals surface area (Å²) >= 11 is 15.2. The van der Waals surface area contributed by atoms with Crippen molar-refractivity contribution in [3.8, 4) is 0 Å². The van der Waals surface area contributed by atoms with E-state index in [1.54, 1.807) is 18.2 Å². The van der Waals surface area contributed by atoms with Gasteiger partial charge >= 0.3 is 0 Å². The highest BCUT2D eigenvalue weighted by Gasteiger charge is 2.07. The van der Waals surface area contributed by atoms with Crippen LogP contribution in [0.15, 0.2) is 40.9 Å². The molecular weight excluding hydrogens is 340 g/mol. The molecule has 0 unspecified atom stereocenters. The highest BCUT2D eigenvalue weighted by molar-refractivity contribution is 9.10. The van der Waals surface area contributed by atoms with Gasteiger partial charge in [-0.25, -0.2) is 4.39 Å². The van der Waals surface area contributed by atoms with Crippen molar-refractivity contribution in [2.45, 2.75) is 6.54 Å². The maximum atomic E-state index is 13.3. The lowest BCUT2D eigenvalue weighted by molar-refractivity contribution is 0.618. The molecule has 18 heavy (non-hydrogen) atoms. The normalized spacial score (nSPS) is 10.4. The number of hydrogen-bond acceptors (Lipinski definition) is 1. The van der Waals surface area contributed by atoms with Crippen LogP contribution in [0.2, 0.25) is 10.0 Å². The second kappa shape index (κ2) is 5.91. The molecule has 0 saturated carbocycles. The summed E-state index contributed by atoms with van der Waals surface area (Å²) < 4.78 is 13.8. The average Bonchev–Trinajstić information content (AvgIpc) is 2.36. The Morgan fingerprint density at radius 3 is 2.61 bits per heavy atom. The zero-order valence-corrected chi connectivity index (χ0v) is 12.3. The Hall–Kier alpha value is -0.770. The fraction of sp³-hybridized carbons (Fsp3) is 0.0769. The molecular formula is C13H9BrCl2FN. The zero-order valence-electron chi connectivity index (χ0n) is 9.18. The molecule has 94 valence electrons. The first-order chi connectivity index (χ1) is 8.59. The van der Waals surface area contributed by atoms with Gasteiger partial charge in [0.15, 0.2) is 0 Å². The summed E-state index contributed by atoms with van der Waals surface area (Å²) in [5.41, 5.74) is 1.53. The Balaban J connectivity index is 2.17. The predicted molar refractivity (Wildman–Crippen MR) is 77.9 cm³/mol. The number of benzene rings is 2. The van der Waals surface area contributed by atoms with Crippen LogP contribution in [-0.2, 0) is 6.54 Å². The highest BCUT2D eigenvalue weighted by atomic mass is 79.9. The molecule has 0 aliphatic rings. The number of halogens is 4. The van der Waals surface area contributed by atoms with E-state index in [2.05, 4.69) is 21.2 Å². The first-order valence-corrected chi connectivity index (χ1v) is 6.75. The SMILES string of the molecule is Fc1cccc(CNc2cccc(Cl)c2Cl)c1Br. The number of anilines is 1. The fourth-order valence-electron chi connectivity index (χ4n) is 1.52. The lowest BCUT2D eigenvalue weighted by atomic mass is 10.2. The van der Waals surface area contributed by atoms with Crippen molar-refractivity contribution in [1.29, 1.82) is 0 Å². The summed E-state index contributed by atoms with van der Waals surface area (Å²) in [5, 5.41) is 4.08. The van der Waals surface area contributed by atoms with E-state index >= 15 is 0 Å². The van der Waals surface area contributed by atoms with Crippen molar-refractivity contribution in [3.63, 3.8) is 0 Å². The van der Waals surface area contributed by atoms with Crippen molar-refractivity contribution < 1.29 is 4.39 Å². The smallest absolute Gasteiger partial charge is 0.137 e. The molecule has 0 aromatic heterocycles. The van der Waals surface area contributed by atoms with Crippen molar-refractivity contribution in [1.82, 2.24) is 0 Å². The van der Waals surface area contributed by atoms with Crippen LogP contribution in [-0.4, -0.2) is 0 Å². The molecule has 5 heteroatoms. The van der Waals surface area contributed by atoms with Crippen LogP contribution in [0.25, 0.3) is 0 Å². The third-order valence-electron chi connectivity index (χ3n) is 2.45. The van der Waals surface area contributed by atoms with Gasteiger partial charge in [-0.1, -0.05) is 41.4 Å². The molecule has 0 atom stereocenters. The van der Waals surface area contributed by atoms with E-state index in [1.807, 2.05) is 12.1 Å². The first-order valence-electron chi connectivity index (χ1n) is 5.20. The molecule has 0 aliphatic heterocycles. The number of nitrogens with one attached hydrogen (secondary N) is 1. The zero-order chi connectivity index (χ0) is 13.1. The van der Waals surface area contributed by atoms with Crippen LogP contribution >= 0.6 is 39.1 Å². The van der Waals surface area contributed by atoms with Gasteiger partial charge in [-0.2, -0.15) is 0 Å². The molecule has 2 rings (SSSR count). The summed E-state index contributed by atoms with van der Waals surface area (Å²) in [6, 6.07) is 10.2. The molecule has 0 radical (unpaired) electrons. The number of hydrogen-bond donors (Lipinski definition) is 1. The Kier molecular flexibility index (Phi) is 4.49. The third-order valence-corrected chi connectivity index (χ3v) is 4.16. The van der Waals surface area contributed by atoms with E-state index in [0.717, 1.165) is 11.3 Å². The monoisotopic (exact) mass is 347 g/mol. The van der Waals surface area contributed by atoms with E-state index in [4.69, 9.17) is 23.2 Å². The summed E-state index contributed by atoms with van der Waals surface area (Å²) in [6.45, 7) is 0.457. The van der Waals surface area contributed by atoms with Gasteiger partial charge in [0.05, 0.1) is 20.2 Å². The van der Waals surface area contributed by atoms with Gasteiger partial charge in [-0.15, -0.1) is 0 Å². The Bertz CT molecular complexity index is 523. The standard InChI is InChI=1S/C13H9BrCl2FN/c14-12-8(3-1-5-10(12)17)7-18-11-6-2-4-9(15)13(11)16/h1-6,18H,7H2. The first kappa shape index (κ1) is 13.7. The average molecular weight is 349 g/mol. The van der Waals surface area contributed by atoms with Gasteiger partial charge < -0.3 is 5.32 Å². The van der Waals surface area contributed by atoms with E-state index in [0.29, 0.717) is 21.1 Å². The number of rotatable bonds is 3. The minimum atomic E-state index is -0.286. The van der Waals surface area contributed by atoms with Gasteiger partial charge in [0.25, 0.3) is 0 Å². The van der Waals surface area contributed by atoms with E-state index in [9.17, 15) is 4.39 Å². The minimum absolute atomic E-state index is 0.286. The van der Waals surface area contributed by atoms with E-state index in [-0.39, 0.29) is 5.82 Å². The van der Waals surface area contributed by atoms with Gasteiger partial charge in [-0.05, 0) is 39.7 Å². The van der Waals surface area contributed by atoms with Crippen LogP contribution in [0.3, 0.4) is 0 Å². The molecule has 1 nitrogen and oxygen atoms in total. The fourth-order valence-corrected chi connectivity index (χ4v) is 2.29. The molecule has 1 N–H and O–H groups in total. The van der Waals surface area contributed by atoms with E-state index in [1.165, 1.54) is 6.07 Å². The van der Waals surface area contributed by atoms with Crippen LogP contribution in [0.1, 0.15) is 5.56 Å². The second-order valence-corrected chi connectivity index (χ2v) is 5.25. The summed E-state index contributed by atoms with van der Waals surface area (Å²) in [4.78, 5) is 0. The Morgan fingerprint density at radius 2 is 1.83 bits per heavy atom. The van der Waals surface area contributed by atoms with Crippen LogP contribution in [0.4, 0.5) is 10.1 Å². The summed E-state index contributed by atoms with van der Waals surface area (Å²) in [7, 11) is 0. The minimum Gasteiger partial charge on any atom is -0.380 e. The lowest BCUT2D eigenvalue weighted by Gasteiger charge is -2.10. The van der Waals surface area contributed by atoms with Crippen LogP contribution in [0.5, 0.6) is 0 Å². The topological polar surface area (TPSA) is 12.0 Å². The molecule has 2 aromatic rings. The predicted octanol–water partition coefficient (Wildman–Crippen LogP) is 5.51. The maximum absolute atomic E-state index is 13.3. The van der Waals surface area contributed by atoms with Crippen molar-refractivity contribution >= 4 is 44.8 Å². The van der Waals surface area contributed by atoms with Crippen molar-refractivity contribution in [2.75, 3.05) is 5.32 Å². The molecule has 0 aliphatic carbocycles. The van der Waals surface area contributed by atoms with Crippen molar-refractivity contribution in [2.24, 2.45) is 0 Å². The molecule has 0 fully saturated rings. The van der Waals surface area contributed by atoms with Gasteiger partial charge in [-0.3, -0.25) is 0 Å². The summed E-state index contributed by atoms with van der Waals surface area (Å²) in [6.07, 6.45) is 0. The third kappa shape index (κ3) is 2.97. The van der Waals surface area contributed by atoms with Crippen molar-refractivity contribution in [3.05, 3.63) is 62.3 Å². The van der Waals surface area contributed by atoms with Gasteiger partial charge in [0.2, 0.25) is 0 Å². The molecule has 2 aromatic carbocycles. The molecule has 0 amide bonds. The Morgan fingerprint density at radius 1 is 1.11 bits per heavy atom. The summed E-state index contributed by atoms with van der Waals surface area (Å²) in [5.74, 6) is -0.286. The molecule has 0 heterocycles. The van der Waals surface area contributed by atoms with Crippen LogP contribution in [0, 0.1) is 5.82 Å².